The van der Waals surface area contributed by atoms with E-state index in [9.17, 15) is 13.2 Å². The maximum atomic E-state index is 13.4. The number of aliphatic imine (C=N–C) groups is 1. The van der Waals surface area contributed by atoms with Crippen molar-refractivity contribution in [1.29, 1.82) is 0 Å². The fourth-order valence-corrected chi connectivity index (χ4v) is 7.18. The Morgan fingerprint density at radius 2 is 1.81 bits per heavy atom. The number of benzene rings is 2. The molecule has 0 amide bonds. The molecule has 166 valence electrons. The second kappa shape index (κ2) is 9.67. The fraction of sp³-hybridized carbons (Fsp3) is 0.364. The van der Waals surface area contributed by atoms with E-state index in [0.717, 1.165) is 23.1 Å². The van der Waals surface area contributed by atoms with Gasteiger partial charge in [0.15, 0.2) is 5.54 Å². The summed E-state index contributed by atoms with van der Waals surface area (Å²) in [5.74, 6) is 0.489. The first-order valence-electron chi connectivity index (χ1n) is 9.90. The number of aryl methyl sites for hydroxylation is 1. The van der Waals surface area contributed by atoms with Gasteiger partial charge in [-0.2, -0.15) is 0 Å². The van der Waals surface area contributed by atoms with Gasteiger partial charge < -0.3 is 0 Å². The lowest BCUT2D eigenvalue weighted by atomic mass is 9.78. The molecule has 0 aromatic heterocycles. The minimum absolute atomic E-state index is 0.124. The van der Waals surface area contributed by atoms with Crippen LogP contribution in [0.15, 0.2) is 58.4 Å². The van der Waals surface area contributed by atoms with Gasteiger partial charge in [0.2, 0.25) is 15.1 Å². The predicted octanol–water partition coefficient (Wildman–Crippen LogP) is 5.45. The first-order valence-corrected chi connectivity index (χ1v) is 13.6. The first kappa shape index (κ1) is 24.3. The summed E-state index contributed by atoms with van der Waals surface area (Å²) in [4.78, 5) is 18.3. The summed E-state index contributed by atoms with van der Waals surface area (Å²) in [7, 11) is -3.95. The molecule has 31 heavy (non-hydrogen) atoms. The molecule has 2 atom stereocenters. The molecule has 0 saturated heterocycles. The van der Waals surface area contributed by atoms with Gasteiger partial charge in [-0.25, -0.2) is 13.1 Å². The quantitative estimate of drug-likeness (QED) is 0.552. The van der Waals surface area contributed by atoms with Gasteiger partial charge in [-0.05, 0) is 54.1 Å². The van der Waals surface area contributed by atoms with Crippen LogP contribution in [-0.4, -0.2) is 29.2 Å². The summed E-state index contributed by atoms with van der Waals surface area (Å²) in [6.07, 6.45) is 0. The van der Waals surface area contributed by atoms with Crippen molar-refractivity contribution in [3.05, 3.63) is 64.7 Å². The molecule has 0 aliphatic carbocycles. The maximum Gasteiger partial charge on any atom is 0.241 e. The summed E-state index contributed by atoms with van der Waals surface area (Å²) in [6.45, 7) is 7.64. The SMILES string of the molecule is CCSC1=NC(C(C)C)(C(NS(=O)(=O)c2ccc(C)cc2)c2ccccc2Cl)C(=O)S1. The highest BCUT2D eigenvalue weighted by atomic mass is 35.5. The van der Waals surface area contributed by atoms with Crippen LogP contribution in [0.3, 0.4) is 0 Å². The van der Waals surface area contributed by atoms with Gasteiger partial charge >= 0.3 is 0 Å². The van der Waals surface area contributed by atoms with Gasteiger partial charge in [-0.15, -0.1) is 0 Å². The summed E-state index contributed by atoms with van der Waals surface area (Å²) in [5, 5.41) is 0.193. The summed E-state index contributed by atoms with van der Waals surface area (Å²) >= 11 is 9.05. The molecular weight excluding hydrogens is 472 g/mol. The molecule has 0 spiro atoms. The molecule has 2 aromatic rings. The Kier molecular flexibility index (Phi) is 7.58. The Labute approximate surface area is 197 Å². The molecule has 1 heterocycles. The van der Waals surface area contributed by atoms with E-state index >= 15 is 0 Å². The van der Waals surface area contributed by atoms with Crippen LogP contribution in [0.5, 0.6) is 0 Å². The molecule has 1 N–H and O–H groups in total. The predicted molar refractivity (Wildman–Crippen MR) is 131 cm³/mol. The van der Waals surface area contributed by atoms with E-state index in [0.29, 0.717) is 15.0 Å². The van der Waals surface area contributed by atoms with Crippen LogP contribution in [0.25, 0.3) is 0 Å². The minimum Gasteiger partial charge on any atom is -0.284 e. The Morgan fingerprint density at radius 1 is 1.16 bits per heavy atom. The number of rotatable bonds is 7. The van der Waals surface area contributed by atoms with E-state index in [-0.39, 0.29) is 15.9 Å². The van der Waals surface area contributed by atoms with E-state index in [2.05, 4.69) is 4.72 Å². The van der Waals surface area contributed by atoms with Crippen LogP contribution in [-0.2, 0) is 14.8 Å². The number of carbonyl (C=O) groups is 1. The molecule has 1 aliphatic heterocycles. The largest absolute Gasteiger partial charge is 0.284 e. The smallest absolute Gasteiger partial charge is 0.241 e. The molecular formula is C22H25ClN2O3S3. The molecule has 2 aromatic carbocycles. The van der Waals surface area contributed by atoms with E-state index in [1.165, 1.54) is 11.8 Å². The molecule has 0 bridgehead atoms. The summed E-state index contributed by atoms with van der Waals surface area (Å²) in [5.41, 5.74) is 0.160. The summed E-state index contributed by atoms with van der Waals surface area (Å²) in [6, 6.07) is 12.6. The lowest BCUT2D eigenvalue weighted by molar-refractivity contribution is -0.117. The van der Waals surface area contributed by atoms with Crippen LogP contribution in [0.1, 0.15) is 37.9 Å². The average Bonchev–Trinajstić information content (AvgIpc) is 3.04. The van der Waals surface area contributed by atoms with Crippen molar-refractivity contribution in [3.63, 3.8) is 0 Å². The first-order chi connectivity index (χ1) is 14.6. The lowest BCUT2D eigenvalue weighted by Crippen LogP contribution is -2.51. The number of nitrogens with one attached hydrogen (secondary N) is 1. The van der Waals surface area contributed by atoms with E-state index < -0.39 is 21.6 Å². The third-order valence-electron chi connectivity index (χ3n) is 5.19. The van der Waals surface area contributed by atoms with Gasteiger partial charge in [0.25, 0.3) is 0 Å². The number of nitrogens with zero attached hydrogens (tertiary/aromatic N) is 1. The van der Waals surface area contributed by atoms with Crippen molar-refractivity contribution in [2.45, 2.75) is 44.2 Å². The fourth-order valence-electron chi connectivity index (χ4n) is 3.49. The number of hydrogen-bond donors (Lipinski definition) is 1. The van der Waals surface area contributed by atoms with Crippen molar-refractivity contribution < 1.29 is 13.2 Å². The highest BCUT2D eigenvalue weighted by Crippen LogP contribution is 2.48. The Morgan fingerprint density at radius 3 is 2.39 bits per heavy atom. The van der Waals surface area contributed by atoms with Crippen molar-refractivity contribution >= 4 is 54.6 Å². The molecule has 3 rings (SSSR count). The van der Waals surface area contributed by atoms with E-state index in [1.807, 2.05) is 27.7 Å². The number of thioether (sulfide) groups is 2. The number of sulfonamides is 1. The molecule has 0 fully saturated rings. The molecule has 9 heteroatoms. The number of carbonyl (C=O) groups excluding carboxylic acids is 1. The average molecular weight is 497 g/mol. The molecule has 2 unspecified atom stereocenters. The molecule has 0 radical (unpaired) electrons. The summed E-state index contributed by atoms with van der Waals surface area (Å²) < 4.78 is 30.1. The Bertz CT molecular complexity index is 1100. The van der Waals surface area contributed by atoms with Crippen LogP contribution < -0.4 is 4.72 Å². The topological polar surface area (TPSA) is 75.6 Å². The molecule has 5 nitrogen and oxygen atoms in total. The molecule has 0 saturated carbocycles. The van der Waals surface area contributed by atoms with Crippen molar-refractivity contribution in [1.82, 2.24) is 4.72 Å². The van der Waals surface area contributed by atoms with Gasteiger partial charge in [0, 0.05) is 5.02 Å². The zero-order valence-electron chi connectivity index (χ0n) is 17.8. The van der Waals surface area contributed by atoms with Crippen molar-refractivity contribution in [2.75, 3.05) is 5.75 Å². The normalized spacial score (nSPS) is 20.2. The monoisotopic (exact) mass is 496 g/mol. The van der Waals surface area contributed by atoms with Gasteiger partial charge in [0.1, 0.15) is 4.38 Å². The second-order valence-corrected chi connectivity index (χ2v) is 12.2. The van der Waals surface area contributed by atoms with E-state index in [1.54, 1.807) is 48.5 Å². The van der Waals surface area contributed by atoms with Crippen molar-refractivity contribution in [3.8, 4) is 0 Å². The number of halogens is 1. The third-order valence-corrected chi connectivity index (χ3v) is 8.98. The van der Waals surface area contributed by atoms with Crippen LogP contribution in [0, 0.1) is 12.8 Å². The third kappa shape index (κ3) is 4.88. The Hall–Kier alpha value is -1.32. The van der Waals surface area contributed by atoms with E-state index in [4.69, 9.17) is 16.6 Å². The number of hydrogen-bond acceptors (Lipinski definition) is 6. The van der Waals surface area contributed by atoms with Gasteiger partial charge in [0.05, 0.1) is 10.9 Å². The Balaban J connectivity index is 2.18. The van der Waals surface area contributed by atoms with Crippen molar-refractivity contribution in [2.24, 2.45) is 10.9 Å². The minimum atomic E-state index is -3.95. The lowest BCUT2D eigenvalue weighted by Gasteiger charge is -2.37. The van der Waals surface area contributed by atoms with Crippen LogP contribution in [0.2, 0.25) is 5.02 Å². The zero-order chi connectivity index (χ0) is 22.8. The van der Waals surface area contributed by atoms with Crippen LogP contribution >= 0.6 is 35.1 Å². The van der Waals surface area contributed by atoms with Crippen LogP contribution in [0.4, 0.5) is 0 Å². The zero-order valence-corrected chi connectivity index (χ0v) is 21.0. The van der Waals surface area contributed by atoms with Gasteiger partial charge in [-0.3, -0.25) is 9.79 Å². The highest BCUT2D eigenvalue weighted by molar-refractivity contribution is 8.45. The maximum absolute atomic E-state index is 13.4. The van der Waals surface area contributed by atoms with Gasteiger partial charge in [-0.1, -0.05) is 80.0 Å². The second-order valence-electron chi connectivity index (χ2n) is 7.57. The standard InChI is InChI=1S/C22H25ClN2O3S3/c1-5-29-21-24-22(14(2)3,20(26)30-21)19(17-8-6-7-9-18(17)23)25-31(27,28)16-12-10-15(4)11-13-16/h6-14,19,25H,5H2,1-4H3. The molecule has 1 aliphatic rings. The highest BCUT2D eigenvalue weighted by Gasteiger charge is 2.54.